The van der Waals surface area contributed by atoms with Crippen LogP contribution in [0.2, 0.25) is 5.02 Å². The van der Waals surface area contributed by atoms with Gasteiger partial charge >= 0.3 is 0 Å². The van der Waals surface area contributed by atoms with Crippen molar-refractivity contribution in [2.24, 2.45) is 5.73 Å². The van der Waals surface area contributed by atoms with Crippen molar-refractivity contribution in [2.75, 3.05) is 13.2 Å². The third-order valence-corrected chi connectivity index (χ3v) is 3.97. The number of carbonyl (C=O) groups excluding carboxylic acids is 1. The maximum Gasteiger partial charge on any atom is 0.252 e. The number of aliphatic hydroxyl groups excluding tert-OH is 1. The highest BCUT2D eigenvalue weighted by Crippen LogP contribution is 2.31. The number of hydrogen-bond donors (Lipinski definition) is 3. The number of fused-ring (bicyclic) bond motifs is 1. The Labute approximate surface area is 130 Å². The molecule has 0 spiro atoms. The number of nitrogens with one attached hydrogen (secondary N) is 1. The first-order valence-electron chi connectivity index (χ1n) is 6.71. The first-order chi connectivity index (χ1) is 10.5. The van der Waals surface area contributed by atoms with Crippen molar-refractivity contribution in [3.63, 3.8) is 0 Å². The van der Waals surface area contributed by atoms with E-state index in [1.54, 1.807) is 4.68 Å². The van der Waals surface area contributed by atoms with Crippen LogP contribution in [0.25, 0.3) is 11.3 Å². The summed E-state index contributed by atoms with van der Waals surface area (Å²) < 4.78 is 14.9. The smallest absolute Gasteiger partial charge is 0.252 e. The minimum atomic E-state index is -0.628. The topological polar surface area (TPSA) is 93.2 Å². The van der Waals surface area contributed by atoms with E-state index in [4.69, 9.17) is 17.3 Å². The van der Waals surface area contributed by atoms with Crippen LogP contribution in [-0.2, 0) is 6.54 Å². The van der Waals surface area contributed by atoms with Crippen LogP contribution < -0.4 is 11.1 Å². The lowest BCUT2D eigenvalue weighted by molar-refractivity contribution is 0.0998. The highest BCUT2D eigenvalue weighted by Gasteiger charge is 2.29. The zero-order chi connectivity index (χ0) is 15.9. The number of nitrogens with two attached hydrogens (primary N) is 1. The highest BCUT2D eigenvalue weighted by atomic mass is 35.5. The van der Waals surface area contributed by atoms with Crippen LogP contribution in [0.1, 0.15) is 22.1 Å². The largest absolute Gasteiger partial charge is 0.394 e. The van der Waals surface area contributed by atoms with Crippen molar-refractivity contribution >= 4 is 17.5 Å². The van der Waals surface area contributed by atoms with E-state index < -0.39 is 11.7 Å². The van der Waals surface area contributed by atoms with Crippen LogP contribution in [0.3, 0.4) is 0 Å². The lowest BCUT2D eigenvalue weighted by atomic mass is 10.0. The van der Waals surface area contributed by atoms with Gasteiger partial charge in [0.2, 0.25) is 0 Å². The summed E-state index contributed by atoms with van der Waals surface area (Å²) in [6.07, 6.45) is 0. The number of rotatable bonds is 3. The summed E-state index contributed by atoms with van der Waals surface area (Å²) in [5.74, 6) is -1.18. The van der Waals surface area contributed by atoms with Crippen molar-refractivity contribution in [1.29, 1.82) is 0 Å². The molecule has 0 bridgehead atoms. The third kappa shape index (κ3) is 2.37. The number of amides is 1. The van der Waals surface area contributed by atoms with Crippen LogP contribution in [0.15, 0.2) is 18.2 Å². The number of benzene rings is 1. The Balaban J connectivity index is 2.21. The summed E-state index contributed by atoms with van der Waals surface area (Å²) in [7, 11) is 0. The quantitative estimate of drug-likeness (QED) is 0.787. The molecule has 3 rings (SSSR count). The molecule has 1 aromatic heterocycles. The molecule has 22 heavy (non-hydrogen) atoms. The predicted octanol–water partition coefficient (Wildman–Crippen LogP) is 1.08. The van der Waals surface area contributed by atoms with Crippen molar-refractivity contribution in [2.45, 2.75) is 12.6 Å². The van der Waals surface area contributed by atoms with Crippen molar-refractivity contribution in [3.05, 3.63) is 40.3 Å². The molecule has 0 radical (unpaired) electrons. The summed E-state index contributed by atoms with van der Waals surface area (Å²) in [6, 6.07) is 3.82. The van der Waals surface area contributed by atoms with Crippen molar-refractivity contribution < 1.29 is 14.3 Å². The van der Waals surface area contributed by atoms with Gasteiger partial charge in [-0.1, -0.05) is 11.6 Å². The Kier molecular flexibility index (Phi) is 3.86. The Morgan fingerprint density at radius 2 is 2.36 bits per heavy atom. The van der Waals surface area contributed by atoms with Gasteiger partial charge in [-0.15, -0.1) is 0 Å². The molecule has 1 atom stereocenters. The number of aromatic nitrogens is 2. The molecule has 1 aliphatic rings. The summed E-state index contributed by atoms with van der Waals surface area (Å²) in [5.41, 5.74) is 7.19. The molecule has 1 aliphatic heterocycles. The van der Waals surface area contributed by atoms with E-state index >= 15 is 0 Å². The van der Waals surface area contributed by atoms with E-state index in [1.165, 1.54) is 18.2 Å². The molecular weight excluding hydrogens is 311 g/mol. The SMILES string of the molecule is NC(=O)c1c(-c2ccc(F)c(Cl)c2)nn2c1CNCC2CO. The number of nitrogens with zero attached hydrogens (tertiary/aromatic N) is 2. The van der Waals surface area contributed by atoms with Crippen LogP contribution >= 0.6 is 11.6 Å². The first kappa shape index (κ1) is 15.0. The predicted molar refractivity (Wildman–Crippen MR) is 79.0 cm³/mol. The number of carbonyl (C=O) groups is 1. The number of aliphatic hydroxyl groups is 1. The molecule has 0 saturated carbocycles. The van der Waals surface area contributed by atoms with Gasteiger partial charge in [-0.05, 0) is 18.2 Å². The van der Waals surface area contributed by atoms with Gasteiger partial charge in [0.1, 0.15) is 11.5 Å². The zero-order valence-corrected chi connectivity index (χ0v) is 12.3. The lowest BCUT2D eigenvalue weighted by Gasteiger charge is -2.24. The Bertz CT molecular complexity index is 747. The minimum Gasteiger partial charge on any atom is -0.394 e. The summed E-state index contributed by atoms with van der Waals surface area (Å²) in [4.78, 5) is 11.8. The van der Waals surface area contributed by atoms with Crippen LogP contribution in [0.4, 0.5) is 4.39 Å². The number of halogens is 2. The molecule has 0 saturated heterocycles. The molecule has 1 amide bonds. The van der Waals surface area contributed by atoms with E-state index in [0.717, 1.165) is 0 Å². The molecule has 116 valence electrons. The molecule has 1 aromatic carbocycles. The van der Waals surface area contributed by atoms with Gasteiger partial charge < -0.3 is 16.2 Å². The molecule has 0 aliphatic carbocycles. The van der Waals surface area contributed by atoms with Gasteiger partial charge in [0.25, 0.3) is 5.91 Å². The number of hydrogen-bond acceptors (Lipinski definition) is 4. The average molecular weight is 325 g/mol. The second-order valence-corrected chi connectivity index (χ2v) is 5.48. The first-order valence-corrected chi connectivity index (χ1v) is 7.09. The Hall–Kier alpha value is -1.96. The molecule has 8 heteroatoms. The fraction of sp³-hybridized carbons (Fsp3) is 0.286. The third-order valence-electron chi connectivity index (χ3n) is 3.68. The van der Waals surface area contributed by atoms with Gasteiger partial charge in [0.15, 0.2) is 0 Å². The van der Waals surface area contributed by atoms with Crippen LogP contribution in [0.5, 0.6) is 0 Å². The average Bonchev–Trinajstić information content (AvgIpc) is 2.89. The van der Waals surface area contributed by atoms with Gasteiger partial charge in [-0.2, -0.15) is 5.10 Å². The minimum absolute atomic E-state index is 0.0595. The zero-order valence-electron chi connectivity index (χ0n) is 11.5. The molecule has 6 nitrogen and oxygen atoms in total. The second kappa shape index (κ2) is 5.68. The fourth-order valence-corrected chi connectivity index (χ4v) is 2.81. The van der Waals surface area contributed by atoms with E-state index in [1.807, 2.05) is 0 Å². The maximum atomic E-state index is 13.3. The number of primary amides is 1. The van der Waals surface area contributed by atoms with E-state index in [9.17, 15) is 14.3 Å². The van der Waals surface area contributed by atoms with Gasteiger partial charge in [0.05, 0.1) is 28.9 Å². The summed E-state index contributed by atoms with van der Waals surface area (Å²) in [5, 5.41) is 16.9. The Morgan fingerprint density at radius 3 is 3.00 bits per heavy atom. The fourth-order valence-electron chi connectivity index (χ4n) is 2.63. The lowest BCUT2D eigenvalue weighted by Crippen LogP contribution is -2.36. The van der Waals surface area contributed by atoms with Crippen molar-refractivity contribution in [1.82, 2.24) is 15.1 Å². The molecule has 2 heterocycles. The van der Waals surface area contributed by atoms with E-state index in [0.29, 0.717) is 30.0 Å². The van der Waals surface area contributed by atoms with Gasteiger partial charge in [-0.3, -0.25) is 9.48 Å². The van der Waals surface area contributed by atoms with Gasteiger partial charge in [0, 0.05) is 18.7 Å². The molecular formula is C14H14ClFN4O2. The maximum absolute atomic E-state index is 13.3. The highest BCUT2D eigenvalue weighted by molar-refractivity contribution is 6.31. The summed E-state index contributed by atoms with van der Waals surface area (Å²) in [6.45, 7) is 0.827. The standard InChI is InChI=1S/C14H14ClFN4O2/c15-9-3-7(1-2-10(9)16)13-12(14(17)22)11-5-18-4-8(6-21)20(11)19-13/h1-3,8,18,21H,4-6H2,(H2,17,22). The summed E-state index contributed by atoms with van der Waals surface area (Å²) >= 11 is 5.80. The molecule has 0 fully saturated rings. The van der Waals surface area contributed by atoms with Crippen molar-refractivity contribution in [3.8, 4) is 11.3 Å². The van der Waals surface area contributed by atoms with Gasteiger partial charge in [-0.25, -0.2) is 4.39 Å². The molecule has 1 unspecified atom stereocenters. The molecule has 4 N–H and O–H groups in total. The van der Waals surface area contributed by atoms with Crippen LogP contribution in [-0.4, -0.2) is 33.9 Å². The molecule has 2 aromatic rings. The second-order valence-electron chi connectivity index (χ2n) is 5.08. The Morgan fingerprint density at radius 1 is 1.59 bits per heavy atom. The normalized spacial score (nSPS) is 17.3. The van der Waals surface area contributed by atoms with E-state index in [-0.39, 0.29) is 23.2 Å². The monoisotopic (exact) mass is 324 g/mol. The van der Waals surface area contributed by atoms with Crippen LogP contribution in [0, 0.1) is 5.82 Å². The van der Waals surface area contributed by atoms with E-state index in [2.05, 4.69) is 10.4 Å².